The molecule has 0 unspecified atom stereocenters. The molecule has 1 aromatic heterocycles. The van der Waals surface area contributed by atoms with E-state index in [1.807, 2.05) is 47.6 Å². The summed E-state index contributed by atoms with van der Waals surface area (Å²) in [5.41, 5.74) is 1.12. The summed E-state index contributed by atoms with van der Waals surface area (Å²) in [4.78, 5) is 0. The van der Waals surface area contributed by atoms with Crippen LogP contribution in [0.25, 0.3) is 0 Å². The SMILES string of the molecule is CC(C)CCOCn1cc[n+](Cc2ccccc2Cl)c1. The average Bonchev–Trinajstić information content (AvgIpc) is 2.85. The maximum atomic E-state index is 6.17. The number of nitrogens with zero attached hydrogens (tertiary/aromatic N) is 2. The minimum atomic E-state index is 0.599. The Morgan fingerprint density at radius 1 is 1.30 bits per heavy atom. The molecular weight excluding hydrogens is 272 g/mol. The van der Waals surface area contributed by atoms with Gasteiger partial charge in [-0.2, -0.15) is 0 Å². The molecule has 0 bridgehead atoms. The van der Waals surface area contributed by atoms with Gasteiger partial charge < -0.3 is 4.74 Å². The third-order valence-electron chi connectivity index (χ3n) is 3.14. The Bertz CT molecular complexity index is 537. The third-order valence-corrected chi connectivity index (χ3v) is 3.51. The van der Waals surface area contributed by atoms with Crippen molar-refractivity contribution in [1.82, 2.24) is 4.57 Å². The van der Waals surface area contributed by atoms with Gasteiger partial charge in [-0.05, 0) is 18.4 Å². The summed E-state index contributed by atoms with van der Waals surface area (Å²) in [7, 11) is 0. The second kappa shape index (κ2) is 7.46. The highest BCUT2D eigenvalue weighted by molar-refractivity contribution is 6.31. The zero-order valence-corrected chi connectivity index (χ0v) is 12.9. The van der Waals surface area contributed by atoms with Crippen molar-refractivity contribution in [3.8, 4) is 0 Å². The summed E-state index contributed by atoms with van der Waals surface area (Å²) in [5, 5.41) is 0.806. The predicted molar refractivity (Wildman–Crippen MR) is 80.6 cm³/mol. The zero-order chi connectivity index (χ0) is 14.4. The molecule has 4 heteroatoms. The van der Waals surface area contributed by atoms with Gasteiger partial charge in [-0.1, -0.05) is 43.6 Å². The van der Waals surface area contributed by atoms with E-state index in [4.69, 9.17) is 16.3 Å². The van der Waals surface area contributed by atoms with E-state index >= 15 is 0 Å². The minimum absolute atomic E-state index is 0.599. The van der Waals surface area contributed by atoms with Crippen molar-refractivity contribution in [2.24, 2.45) is 5.92 Å². The smallest absolute Gasteiger partial charge is 0.245 e. The van der Waals surface area contributed by atoms with Gasteiger partial charge in [-0.25, -0.2) is 9.13 Å². The lowest BCUT2D eigenvalue weighted by Gasteiger charge is -2.04. The van der Waals surface area contributed by atoms with E-state index in [0.29, 0.717) is 12.6 Å². The summed E-state index contributed by atoms with van der Waals surface area (Å²) in [6.45, 7) is 6.59. The third kappa shape index (κ3) is 4.66. The van der Waals surface area contributed by atoms with Crippen LogP contribution in [0.4, 0.5) is 0 Å². The standard InChI is InChI=1S/C16H22ClN2O/c1-14(2)7-10-20-13-19-9-8-18(12-19)11-15-5-3-4-6-16(15)17/h3-6,8-9,12,14H,7,10-11,13H2,1-2H3/q+1. The quantitative estimate of drug-likeness (QED) is 0.564. The number of hydrogen-bond donors (Lipinski definition) is 0. The van der Waals surface area contributed by atoms with Crippen LogP contribution < -0.4 is 4.57 Å². The number of benzene rings is 1. The van der Waals surface area contributed by atoms with Crippen molar-refractivity contribution in [2.45, 2.75) is 33.5 Å². The summed E-state index contributed by atoms with van der Waals surface area (Å²) in [6.07, 6.45) is 7.20. The number of halogens is 1. The number of imidazole rings is 1. The number of aromatic nitrogens is 2. The lowest BCUT2D eigenvalue weighted by atomic mass is 10.1. The molecule has 0 atom stereocenters. The lowest BCUT2D eigenvalue weighted by Crippen LogP contribution is -2.31. The first-order valence-corrected chi connectivity index (χ1v) is 7.39. The van der Waals surface area contributed by atoms with E-state index in [1.165, 1.54) is 0 Å². The fraction of sp³-hybridized carbons (Fsp3) is 0.438. The van der Waals surface area contributed by atoms with E-state index in [2.05, 4.69) is 18.4 Å². The summed E-state index contributed by atoms with van der Waals surface area (Å²) in [5.74, 6) is 0.685. The molecule has 20 heavy (non-hydrogen) atoms. The van der Waals surface area contributed by atoms with Crippen LogP contribution in [0, 0.1) is 5.92 Å². The van der Waals surface area contributed by atoms with E-state index in [9.17, 15) is 0 Å². The molecule has 0 spiro atoms. The Kier molecular flexibility index (Phi) is 5.62. The molecular formula is C16H22ClN2O+. The van der Waals surface area contributed by atoms with Gasteiger partial charge in [-0.3, -0.25) is 0 Å². The number of hydrogen-bond acceptors (Lipinski definition) is 1. The van der Waals surface area contributed by atoms with Gasteiger partial charge in [0, 0.05) is 10.6 Å². The van der Waals surface area contributed by atoms with Crippen LogP contribution >= 0.6 is 11.6 Å². The molecule has 1 heterocycles. The monoisotopic (exact) mass is 293 g/mol. The highest BCUT2D eigenvalue weighted by Gasteiger charge is 2.07. The predicted octanol–water partition coefficient (Wildman–Crippen LogP) is 3.50. The fourth-order valence-electron chi connectivity index (χ4n) is 1.92. The van der Waals surface area contributed by atoms with Crippen molar-refractivity contribution in [3.63, 3.8) is 0 Å². The molecule has 0 aliphatic carbocycles. The van der Waals surface area contributed by atoms with Gasteiger partial charge in [0.1, 0.15) is 18.9 Å². The molecule has 0 fully saturated rings. The molecule has 0 aliphatic heterocycles. The molecule has 0 aliphatic rings. The highest BCUT2D eigenvalue weighted by Crippen LogP contribution is 2.14. The van der Waals surface area contributed by atoms with Crippen molar-refractivity contribution in [1.29, 1.82) is 0 Å². The van der Waals surface area contributed by atoms with E-state index in [0.717, 1.165) is 30.2 Å². The fourth-order valence-corrected chi connectivity index (χ4v) is 2.12. The Hall–Kier alpha value is -1.32. The Balaban J connectivity index is 1.85. The largest absolute Gasteiger partial charge is 0.342 e. The van der Waals surface area contributed by atoms with Crippen LogP contribution in [-0.2, 0) is 18.0 Å². The topological polar surface area (TPSA) is 18.0 Å². The maximum absolute atomic E-state index is 6.17. The number of ether oxygens (including phenoxy) is 1. The van der Waals surface area contributed by atoms with Crippen LogP contribution in [0.5, 0.6) is 0 Å². The summed E-state index contributed by atoms with van der Waals surface area (Å²) < 4.78 is 9.78. The molecule has 108 valence electrons. The molecule has 0 N–H and O–H groups in total. The van der Waals surface area contributed by atoms with Crippen LogP contribution in [0.15, 0.2) is 43.0 Å². The molecule has 0 saturated carbocycles. The number of rotatable bonds is 7. The second-order valence-electron chi connectivity index (χ2n) is 5.41. The van der Waals surface area contributed by atoms with E-state index < -0.39 is 0 Å². The molecule has 2 aromatic rings. The highest BCUT2D eigenvalue weighted by atomic mass is 35.5. The first-order valence-electron chi connectivity index (χ1n) is 7.01. The normalized spacial score (nSPS) is 11.2. The van der Waals surface area contributed by atoms with E-state index in [-0.39, 0.29) is 0 Å². The molecule has 0 saturated heterocycles. The van der Waals surface area contributed by atoms with Crippen molar-refractivity contribution in [2.75, 3.05) is 6.61 Å². The lowest BCUT2D eigenvalue weighted by molar-refractivity contribution is -0.688. The Morgan fingerprint density at radius 3 is 2.85 bits per heavy atom. The zero-order valence-electron chi connectivity index (χ0n) is 12.1. The van der Waals surface area contributed by atoms with Gasteiger partial charge in [0.15, 0.2) is 6.73 Å². The Morgan fingerprint density at radius 2 is 2.10 bits per heavy atom. The van der Waals surface area contributed by atoms with Gasteiger partial charge >= 0.3 is 0 Å². The first-order chi connectivity index (χ1) is 9.65. The van der Waals surface area contributed by atoms with Gasteiger partial charge in [0.25, 0.3) is 0 Å². The van der Waals surface area contributed by atoms with Crippen LogP contribution in [0.2, 0.25) is 5.02 Å². The maximum Gasteiger partial charge on any atom is 0.245 e. The van der Waals surface area contributed by atoms with Crippen LogP contribution in [-0.4, -0.2) is 11.2 Å². The van der Waals surface area contributed by atoms with Crippen molar-refractivity contribution in [3.05, 3.63) is 53.6 Å². The van der Waals surface area contributed by atoms with Crippen LogP contribution in [0.1, 0.15) is 25.8 Å². The van der Waals surface area contributed by atoms with Crippen molar-refractivity contribution < 1.29 is 9.30 Å². The van der Waals surface area contributed by atoms with Crippen molar-refractivity contribution >= 4 is 11.6 Å². The Labute approximate surface area is 125 Å². The van der Waals surface area contributed by atoms with Crippen LogP contribution in [0.3, 0.4) is 0 Å². The average molecular weight is 294 g/mol. The second-order valence-corrected chi connectivity index (χ2v) is 5.82. The molecule has 2 rings (SSSR count). The minimum Gasteiger partial charge on any atom is -0.342 e. The molecule has 0 amide bonds. The van der Waals surface area contributed by atoms with E-state index in [1.54, 1.807) is 0 Å². The van der Waals surface area contributed by atoms with Gasteiger partial charge in [0.05, 0.1) is 6.61 Å². The first kappa shape index (κ1) is 15.1. The summed E-state index contributed by atoms with van der Waals surface area (Å²) >= 11 is 6.17. The van der Waals surface area contributed by atoms with Gasteiger partial charge in [0.2, 0.25) is 6.33 Å². The molecule has 3 nitrogen and oxygen atoms in total. The summed E-state index contributed by atoms with van der Waals surface area (Å²) in [6, 6.07) is 7.92. The molecule has 1 aromatic carbocycles. The molecule has 0 radical (unpaired) electrons. The van der Waals surface area contributed by atoms with Gasteiger partial charge in [-0.15, -0.1) is 0 Å².